The number of aromatic nitrogens is 2. The standard InChI is InChI=1S/C25H20N4O2S/c30-24-17-8-4-5-9-18(17)25(31)21-19(24)14-20(22-23(21)27-32-26-22)29-12-10-28(11-13-29)15-16-6-2-1-3-7-16/h1-9,14H,10-13,15H2. The van der Waals surface area contributed by atoms with Crippen molar-refractivity contribution in [2.75, 3.05) is 31.1 Å². The molecule has 0 unspecified atom stereocenters. The third-order valence-corrected chi connectivity index (χ3v) is 6.90. The van der Waals surface area contributed by atoms with Crippen LogP contribution in [0.2, 0.25) is 0 Å². The molecule has 1 fully saturated rings. The van der Waals surface area contributed by atoms with Crippen molar-refractivity contribution in [2.45, 2.75) is 6.54 Å². The number of piperazine rings is 1. The Hall–Kier alpha value is -3.42. The first kappa shape index (κ1) is 19.3. The molecule has 0 bridgehead atoms. The van der Waals surface area contributed by atoms with Crippen LogP contribution < -0.4 is 4.90 Å². The van der Waals surface area contributed by atoms with Gasteiger partial charge in [-0.05, 0) is 11.6 Å². The third-order valence-electron chi connectivity index (χ3n) is 6.37. The summed E-state index contributed by atoms with van der Waals surface area (Å²) in [6.07, 6.45) is 0. The molecule has 7 heteroatoms. The lowest BCUT2D eigenvalue weighted by Crippen LogP contribution is -2.46. The molecule has 2 heterocycles. The zero-order chi connectivity index (χ0) is 21.7. The molecule has 0 radical (unpaired) electrons. The van der Waals surface area contributed by atoms with Crippen LogP contribution in [-0.2, 0) is 6.54 Å². The molecule has 0 saturated carbocycles. The Morgan fingerprint density at radius 1 is 0.750 bits per heavy atom. The fraction of sp³-hybridized carbons (Fsp3) is 0.200. The number of carbonyl (C=O) groups is 2. The van der Waals surface area contributed by atoms with Crippen molar-refractivity contribution in [1.82, 2.24) is 13.6 Å². The number of fused-ring (bicyclic) bond motifs is 4. The van der Waals surface area contributed by atoms with Crippen molar-refractivity contribution >= 4 is 40.0 Å². The molecule has 6 rings (SSSR count). The number of benzene rings is 3. The lowest BCUT2D eigenvalue weighted by molar-refractivity contribution is 0.0980. The van der Waals surface area contributed by atoms with Crippen LogP contribution in [0.4, 0.5) is 5.69 Å². The van der Waals surface area contributed by atoms with Crippen LogP contribution in [0.5, 0.6) is 0 Å². The van der Waals surface area contributed by atoms with Crippen LogP contribution in [0.1, 0.15) is 37.4 Å². The van der Waals surface area contributed by atoms with Crippen molar-refractivity contribution in [3.8, 4) is 0 Å². The third kappa shape index (κ3) is 3.04. The van der Waals surface area contributed by atoms with E-state index in [-0.39, 0.29) is 11.6 Å². The highest BCUT2D eigenvalue weighted by molar-refractivity contribution is 7.00. The monoisotopic (exact) mass is 440 g/mol. The second-order valence-electron chi connectivity index (χ2n) is 8.23. The fourth-order valence-electron chi connectivity index (χ4n) is 4.72. The Balaban J connectivity index is 1.34. The van der Waals surface area contributed by atoms with Crippen LogP contribution in [0.3, 0.4) is 0 Å². The minimum Gasteiger partial charge on any atom is -0.367 e. The smallest absolute Gasteiger partial charge is 0.196 e. The molecule has 158 valence electrons. The van der Waals surface area contributed by atoms with E-state index in [9.17, 15) is 9.59 Å². The fourth-order valence-corrected chi connectivity index (χ4v) is 5.28. The molecular formula is C25H20N4O2S. The summed E-state index contributed by atoms with van der Waals surface area (Å²) in [6.45, 7) is 4.42. The molecule has 0 N–H and O–H groups in total. The van der Waals surface area contributed by atoms with Gasteiger partial charge in [-0.1, -0.05) is 54.6 Å². The Bertz CT molecular complexity index is 1360. The van der Waals surface area contributed by atoms with Gasteiger partial charge in [0.05, 0.1) is 23.0 Å². The van der Waals surface area contributed by atoms with Crippen molar-refractivity contribution in [3.05, 3.63) is 88.5 Å². The Morgan fingerprint density at radius 2 is 1.41 bits per heavy atom. The molecule has 3 aromatic carbocycles. The van der Waals surface area contributed by atoms with E-state index in [0.717, 1.165) is 50.1 Å². The number of carbonyl (C=O) groups excluding carboxylic acids is 2. The van der Waals surface area contributed by atoms with Gasteiger partial charge in [-0.15, -0.1) is 0 Å². The minimum absolute atomic E-state index is 0.117. The summed E-state index contributed by atoms with van der Waals surface area (Å²) in [5, 5.41) is 0. The molecule has 0 spiro atoms. The van der Waals surface area contributed by atoms with Gasteiger partial charge in [-0.3, -0.25) is 14.5 Å². The van der Waals surface area contributed by atoms with Gasteiger partial charge in [0.1, 0.15) is 11.0 Å². The van der Waals surface area contributed by atoms with Crippen molar-refractivity contribution in [3.63, 3.8) is 0 Å². The van der Waals surface area contributed by atoms with E-state index >= 15 is 0 Å². The van der Waals surface area contributed by atoms with Gasteiger partial charge in [0.15, 0.2) is 11.6 Å². The lowest BCUT2D eigenvalue weighted by atomic mass is 9.83. The molecule has 1 aliphatic heterocycles. The molecule has 1 saturated heterocycles. The molecule has 1 aliphatic carbocycles. The maximum Gasteiger partial charge on any atom is 0.196 e. The van der Waals surface area contributed by atoms with E-state index in [1.807, 2.05) is 12.1 Å². The second kappa shape index (κ2) is 7.62. The van der Waals surface area contributed by atoms with E-state index in [1.165, 1.54) is 5.56 Å². The van der Waals surface area contributed by atoms with Gasteiger partial charge in [-0.25, -0.2) is 0 Å². The molecular weight excluding hydrogens is 420 g/mol. The van der Waals surface area contributed by atoms with E-state index in [1.54, 1.807) is 24.3 Å². The summed E-state index contributed by atoms with van der Waals surface area (Å²) in [5.41, 5.74) is 5.20. The SMILES string of the molecule is O=C1c2ccccc2C(=O)c2c1cc(N1CCN(Cc3ccccc3)CC1)c1nsnc21. The van der Waals surface area contributed by atoms with Crippen LogP contribution in [0.25, 0.3) is 11.0 Å². The van der Waals surface area contributed by atoms with Crippen LogP contribution in [0, 0.1) is 0 Å². The van der Waals surface area contributed by atoms with E-state index in [4.69, 9.17) is 0 Å². The van der Waals surface area contributed by atoms with Crippen molar-refractivity contribution in [2.24, 2.45) is 0 Å². The van der Waals surface area contributed by atoms with Gasteiger partial charge >= 0.3 is 0 Å². The number of nitrogens with zero attached hydrogens (tertiary/aromatic N) is 4. The van der Waals surface area contributed by atoms with Crippen LogP contribution >= 0.6 is 11.7 Å². The van der Waals surface area contributed by atoms with Crippen molar-refractivity contribution in [1.29, 1.82) is 0 Å². The highest BCUT2D eigenvalue weighted by Crippen LogP contribution is 2.37. The first-order chi connectivity index (χ1) is 15.7. The van der Waals surface area contributed by atoms with Gasteiger partial charge in [0, 0.05) is 49.4 Å². The summed E-state index contributed by atoms with van der Waals surface area (Å²) in [5.74, 6) is -0.263. The van der Waals surface area contributed by atoms with Crippen molar-refractivity contribution < 1.29 is 9.59 Å². The summed E-state index contributed by atoms with van der Waals surface area (Å²) in [6, 6.07) is 19.4. The summed E-state index contributed by atoms with van der Waals surface area (Å²) in [7, 11) is 0. The summed E-state index contributed by atoms with van der Waals surface area (Å²) in [4.78, 5) is 31.2. The van der Waals surface area contributed by atoms with Crippen LogP contribution in [-0.4, -0.2) is 51.4 Å². The van der Waals surface area contributed by atoms with E-state index < -0.39 is 0 Å². The normalized spacial score (nSPS) is 16.3. The Morgan fingerprint density at radius 3 is 2.16 bits per heavy atom. The van der Waals surface area contributed by atoms with Gasteiger partial charge in [0.25, 0.3) is 0 Å². The highest BCUT2D eigenvalue weighted by Gasteiger charge is 2.34. The lowest BCUT2D eigenvalue weighted by Gasteiger charge is -2.36. The number of ketones is 2. The summed E-state index contributed by atoms with van der Waals surface area (Å²) < 4.78 is 8.95. The van der Waals surface area contributed by atoms with E-state index in [0.29, 0.717) is 33.3 Å². The summed E-state index contributed by atoms with van der Waals surface area (Å²) >= 11 is 1.09. The topological polar surface area (TPSA) is 66.4 Å². The molecule has 0 amide bonds. The van der Waals surface area contributed by atoms with Gasteiger partial charge in [-0.2, -0.15) is 8.75 Å². The quantitative estimate of drug-likeness (QED) is 0.425. The van der Waals surface area contributed by atoms with Gasteiger partial charge < -0.3 is 4.90 Å². The number of hydrogen-bond donors (Lipinski definition) is 0. The molecule has 1 aromatic heterocycles. The minimum atomic E-state index is -0.146. The largest absolute Gasteiger partial charge is 0.367 e. The Kier molecular flexibility index (Phi) is 4.59. The second-order valence-corrected chi connectivity index (χ2v) is 8.76. The number of hydrogen-bond acceptors (Lipinski definition) is 7. The zero-order valence-corrected chi connectivity index (χ0v) is 18.1. The molecule has 6 nitrogen and oxygen atoms in total. The maximum absolute atomic E-state index is 13.3. The molecule has 32 heavy (non-hydrogen) atoms. The van der Waals surface area contributed by atoms with Crippen LogP contribution in [0.15, 0.2) is 60.7 Å². The average Bonchev–Trinajstić information content (AvgIpc) is 3.33. The van der Waals surface area contributed by atoms with E-state index in [2.05, 4.69) is 42.8 Å². The highest BCUT2D eigenvalue weighted by atomic mass is 32.1. The molecule has 4 aromatic rings. The first-order valence-corrected chi connectivity index (χ1v) is 11.4. The predicted molar refractivity (Wildman–Crippen MR) is 125 cm³/mol. The molecule has 0 atom stereocenters. The predicted octanol–water partition coefficient (Wildman–Crippen LogP) is 3.79. The zero-order valence-electron chi connectivity index (χ0n) is 17.3. The Labute approximate surface area is 189 Å². The number of anilines is 1. The first-order valence-electron chi connectivity index (χ1n) is 10.7. The average molecular weight is 441 g/mol. The van der Waals surface area contributed by atoms with Gasteiger partial charge in [0.2, 0.25) is 0 Å². The molecule has 2 aliphatic rings. The number of rotatable bonds is 3. The maximum atomic E-state index is 13.3.